The van der Waals surface area contributed by atoms with Gasteiger partial charge in [-0.25, -0.2) is 4.79 Å². The number of carboxylic acids is 1. The lowest BCUT2D eigenvalue weighted by atomic mass is 9.80. The van der Waals surface area contributed by atoms with Crippen molar-refractivity contribution in [2.24, 2.45) is 0 Å². The molecule has 5 heteroatoms. The average Bonchev–Trinajstić information content (AvgIpc) is 2.43. The molecule has 1 N–H and O–H groups in total. The minimum absolute atomic E-state index is 0.0180. The highest BCUT2D eigenvalue weighted by atomic mass is 16.5. The van der Waals surface area contributed by atoms with E-state index in [1.807, 2.05) is 6.92 Å². The van der Waals surface area contributed by atoms with Crippen molar-refractivity contribution in [1.29, 1.82) is 0 Å². The van der Waals surface area contributed by atoms with Crippen LogP contribution in [0.5, 0.6) is 0 Å². The first-order valence-corrected chi connectivity index (χ1v) is 6.97. The highest BCUT2D eigenvalue weighted by Gasteiger charge is 2.45. The molecule has 0 aromatic rings. The Morgan fingerprint density at radius 3 is 2.37 bits per heavy atom. The summed E-state index contributed by atoms with van der Waals surface area (Å²) < 4.78 is 5.11. The second kappa shape index (κ2) is 6.89. The standard InChI is InChI=1S/C14H25NO4/c1-11(19-3)7-8-12(16)15(2)14(13(17)18)9-5-4-6-10-14/h11H,4-10H2,1-3H3,(H,17,18). The lowest BCUT2D eigenvalue weighted by Gasteiger charge is -2.41. The quantitative estimate of drug-likeness (QED) is 0.803. The van der Waals surface area contributed by atoms with Crippen molar-refractivity contribution in [3.63, 3.8) is 0 Å². The third-order valence-corrected chi connectivity index (χ3v) is 4.26. The highest BCUT2D eigenvalue weighted by Crippen LogP contribution is 2.33. The first kappa shape index (κ1) is 16.0. The molecule has 0 aromatic heterocycles. The molecule has 19 heavy (non-hydrogen) atoms. The van der Waals surface area contributed by atoms with Crippen molar-refractivity contribution in [3.8, 4) is 0 Å². The molecule has 0 radical (unpaired) electrons. The van der Waals surface area contributed by atoms with Gasteiger partial charge in [-0.2, -0.15) is 0 Å². The number of rotatable bonds is 6. The lowest BCUT2D eigenvalue weighted by molar-refractivity contribution is -0.160. The summed E-state index contributed by atoms with van der Waals surface area (Å²) in [4.78, 5) is 25.2. The van der Waals surface area contributed by atoms with Crippen LogP contribution in [-0.4, -0.2) is 47.7 Å². The number of carbonyl (C=O) groups is 2. The molecule has 0 heterocycles. The number of carboxylic acid groups (broad SMARTS) is 1. The van der Waals surface area contributed by atoms with Gasteiger partial charge in [-0.05, 0) is 26.2 Å². The summed E-state index contributed by atoms with van der Waals surface area (Å²) in [6, 6.07) is 0. The van der Waals surface area contributed by atoms with Crippen LogP contribution in [0, 0.1) is 0 Å². The molecule has 0 aromatic carbocycles. The highest BCUT2D eigenvalue weighted by molar-refractivity contribution is 5.87. The van der Waals surface area contributed by atoms with Crippen LogP contribution in [0.1, 0.15) is 51.9 Å². The largest absolute Gasteiger partial charge is 0.479 e. The van der Waals surface area contributed by atoms with Gasteiger partial charge in [-0.1, -0.05) is 19.3 Å². The summed E-state index contributed by atoms with van der Waals surface area (Å²) in [5.41, 5.74) is -0.994. The normalized spacial score (nSPS) is 19.7. The Morgan fingerprint density at radius 2 is 1.89 bits per heavy atom. The van der Waals surface area contributed by atoms with Crippen LogP contribution < -0.4 is 0 Å². The van der Waals surface area contributed by atoms with Gasteiger partial charge in [0.05, 0.1) is 6.10 Å². The molecular weight excluding hydrogens is 246 g/mol. The van der Waals surface area contributed by atoms with Gasteiger partial charge in [0.1, 0.15) is 5.54 Å². The van der Waals surface area contributed by atoms with E-state index in [1.54, 1.807) is 14.2 Å². The topological polar surface area (TPSA) is 66.8 Å². The van der Waals surface area contributed by atoms with Gasteiger partial charge in [0.25, 0.3) is 0 Å². The molecule has 0 spiro atoms. The molecule has 1 aliphatic carbocycles. The molecule has 0 bridgehead atoms. The summed E-state index contributed by atoms with van der Waals surface area (Å²) >= 11 is 0. The Hall–Kier alpha value is -1.10. The average molecular weight is 271 g/mol. The van der Waals surface area contributed by atoms with Crippen molar-refractivity contribution >= 4 is 11.9 Å². The van der Waals surface area contributed by atoms with Crippen LogP contribution >= 0.6 is 0 Å². The third-order valence-electron chi connectivity index (χ3n) is 4.26. The molecule has 5 nitrogen and oxygen atoms in total. The van der Waals surface area contributed by atoms with Gasteiger partial charge in [0.2, 0.25) is 5.91 Å². The Morgan fingerprint density at radius 1 is 1.32 bits per heavy atom. The van der Waals surface area contributed by atoms with E-state index >= 15 is 0 Å². The van der Waals surface area contributed by atoms with Crippen molar-refractivity contribution in [3.05, 3.63) is 0 Å². The predicted molar refractivity (Wildman–Crippen MR) is 71.9 cm³/mol. The Kier molecular flexibility index (Phi) is 5.79. The smallest absolute Gasteiger partial charge is 0.329 e. The predicted octanol–water partition coefficient (Wildman–Crippen LogP) is 2.05. The summed E-state index contributed by atoms with van der Waals surface area (Å²) in [6.07, 6.45) is 4.89. The summed E-state index contributed by atoms with van der Waals surface area (Å²) in [6.45, 7) is 1.90. The molecular formula is C14H25NO4. The van der Waals surface area contributed by atoms with E-state index in [4.69, 9.17) is 4.74 Å². The molecule has 1 aliphatic rings. The Bertz CT molecular complexity index is 323. The van der Waals surface area contributed by atoms with Crippen LogP contribution in [-0.2, 0) is 14.3 Å². The maximum absolute atomic E-state index is 12.2. The first-order chi connectivity index (χ1) is 8.94. The fourth-order valence-corrected chi connectivity index (χ4v) is 2.68. The van der Waals surface area contributed by atoms with E-state index < -0.39 is 11.5 Å². The minimum Gasteiger partial charge on any atom is -0.479 e. The zero-order valence-corrected chi connectivity index (χ0v) is 12.1. The maximum atomic E-state index is 12.2. The number of hydrogen-bond acceptors (Lipinski definition) is 3. The van der Waals surface area contributed by atoms with E-state index in [0.717, 1.165) is 19.3 Å². The molecule has 0 aliphatic heterocycles. The van der Waals surface area contributed by atoms with E-state index in [-0.39, 0.29) is 12.0 Å². The van der Waals surface area contributed by atoms with Crippen LogP contribution in [0.4, 0.5) is 0 Å². The van der Waals surface area contributed by atoms with Crippen LogP contribution in [0.15, 0.2) is 0 Å². The van der Waals surface area contributed by atoms with Gasteiger partial charge in [-0.3, -0.25) is 4.79 Å². The number of methoxy groups -OCH3 is 1. The fraction of sp³-hybridized carbons (Fsp3) is 0.857. The SMILES string of the molecule is COC(C)CCC(=O)N(C)C1(C(=O)O)CCCCC1. The summed E-state index contributed by atoms with van der Waals surface area (Å²) in [5.74, 6) is -0.976. The molecule has 1 amide bonds. The lowest BCUT2D eigenvalue weighted by Crippen LogP contribution is -2.56. The van der Waals surface area contributed by atoms with E-state index in [2.05, 4.69) is 0 Å². The molecule has 0 saturated heterocycles. The number of amides is 1. The molecule has 1 saturated carbocycles. The monoisotopic (exact) mass is 271 g/mol. The van der Waals surface area contributed by atoms with Gasteiger partial charge in [0.15, 0.2) is 0 Å². The van der Waals surface area contributed by atoms with Gasteiger partial charge >= 0.3 is 5.97 Å². The molecule has 1 unspecified atom stereocenters. The number of hydrogen-bond donors (Lipinski definition) is 1. The second-order valence-corrected chi connectivity index (χ2v) is 5.44. The zero-order chi connectivity index (χ0) is 14.5. The Balaban J connectivity index is 2.68. The molecule has 1 atom stereocenters. The number of carbonyl (C=O) groups excluding carboxylic acids is 1. The summed E-state index contributed by atoms with van der Waals surface area (Å²) in [5, 5.41) is 9.51. The van der Waals surface area contributed by atoms with Crippen molar-refractivity contribution in [2.45, 2.75) is 63.5 Å². The minimum atomic E-state index is -0.994. The second-order valence-electron chi connectivity index (χ2n) is 5.44. The van der Waals surface area contributed by atoms with Crippen molar-refractivity contribution < 1.29 is 19.4 Å². The Labute approximate surface area is 114 Å². The van der Waals surface area contributed by atoms with Crippen LogP contribution in [0.3, 0.4) is 0 Å². The number of likely N-dealkylation sites (N-methyl/N-ethyl adjacent to an activating group) is 1. The van der Waals surface area contributed by atoms with Crippen molar-refractivity contribution in [2.75, 3.05) is 14.2 Å². The van der Waals surface area contributed by atoms with Crippen LogP contribution in [0.25, 0.3) is 0 Å². The third kappa shape index (κ3) is 3.69. The van der Waals surface area contributed by atoms with E-state index in [0.29, 0.717) is 25.7 Å². The fourth-order valence-electron chi connectivity index (χ4n) is 2.68. The molecule has 110 valence electrons. The first-order valence-electron chi connectivity index (χ1n) is 6.97. The van der Waals surface area contributed by atoms with Crippen molar-refractivity contribution in [1.82, 2.24) is 4.90 Å². The molecule has 1 fully saturated rings. The summed E-state index contributed by atoms with van der Waals surface area (Å²) in [7, 11) is 3.23. The van der Waals surface area contributed by atoms with Gasteiger partial charge in [0, 0.05) is 20.6 Å². The molecule has 1 rings (SSSR count). The maximum Gasteiger partial charge on any atom is 0.329 e. The number of nitrogens with zero attached hydrogens (tertiary/aromatic N) is 1. The van der Waals surface area contributed by atoms with E-state index in [1.165, 1.54) is 4.90 Å². The zero-order valence-electron chi connectivity index (χ0n) is 12.1. The van der Waals surface area contributed by atoms with Gasteiger partial charge in [-0.15, -0.1) is 0 Å². The van der Waals surface area contributed by atoms with E-state index in [9.17, 15) is 14.7 Å². The number of aliphatic carboxylic acids is 1. The number of ether oxygens (including phenoxy) is 1. The van der Waals surface area contributed by atoms with Crippen LogP contribution in [0.2, 0.25) is 0 Å². The van der Waals surface area contributed by atoms with Gasteiger partial charge < -0.3 is 14.7 Å².